The van der Waals surface area contributed by atoms with Gasteiger partial charge in [-0.15, -0.1) is 0 Å². The van der Waals surface area contributed by atoms with Crippen LogP contribution in [0.1, 0.15) is 19.3 Å². The number of fused-ring (bicyclic) bond motifs is 1. The Kier molecular flexibility index (Phi) is 4.94. The first-order valence-electron chi connectivity index (χ1n) is 8.72. The van der Waals surface area contributed by atoms with Crippen molar-refractivity contribution < 1.29 is 9.29 Å². The Morgan fingerprint density at radius 3 is 2.68 bits per heavy atom. The van der Waals surface area contributed by atoms with Gasteiger partial charge in [0.05, 0.1) is 36.9 Å². The molecule has 1 aliphatic heterocycles. The maximum atomic E-state index is 13.1. The standard InChI is InChI=1S/C18H20FN5S/c19-14-4-6-15(7-5-14)24-17-16(12-22-24)18(21-13-20-17)25-11-10-23-8-2-1-3-9-23/h4-7,12-13H,1-3,8-11H2/p+1. The van der Waals surface area contributed by atoms with Crippen molar-refractivity contribution in [2.75, 3.05) is 25.4 Å². The van der Waals surface area contributed by atoms with Gasteiger partial charge in [-0.25, -0.2) is 19.0 Å². The molecule has 0 spiro atoms. The van der Waals surface area contributed by atoms with Crippen LogP contribution >= 0.6 is 11.8 Å². The Morgan fingerprint density at radius 2 is 1.88 bits per heavy atom. The molecule has 5 nitrogen and oxygen atoms in total. The lowest BCUT2D eigenvalue weighted by Gasteiger charge is -2.23. The van der Waals surface area contributed by atoms with Gasteiger partial charge in [-0.05, 0) is 43.5 Å². The van der Waals surface area contributed by atoms with Gasteiger partial charge in [-0.1, -0.05) is 11.8 Å². The fraction of sp³-hybridized carbons (Fsp3) is 0.389. The molecule has 0 bridgehead atoms. The molecule has 0 unspecified atom stereocenters. The van der Waals surface area contributed by atoms with Crippen molar-refractivity contribution in [3.63, 3.8) is 0 Å². The van der Waals surface area contributed by atoms with Crippen molar-refractivity contribution in [3.05, 3.63) is 42.6 Å². The maximum absolute atomic E-state index is 13.1. The molecular formula is C18H21FN5S+. The van der Waals surface area contributed by atoms with Gasteiger partial charge >= 0.3 is 0 Å². The Morgan fingerprint density at radius 1 is 1.08 bits per heavy atom. The van der Waals surface area contributed by atoms with E-state index in [1.807, 2.05) is 0 Å². The number of quaternary nitrogens is 1. The Labute approximate surface area is 150 Å². The minimum absolute atomic E-state index is 0.258. The van der Waals surface area contributed by atoms with E-state index in [-0.39, 0.29) is 5.82 Å². The summed E-state index contributed by atoms with van der Waals surface area (Å²) in [7, 11) is 0. The second kappa shape index (κ2) is 7.49. The number of rotatable bonds is 5. The van der Waals surface area contributed by atoms with Gasteiger partial charge in [0.15, 0.2) is 5.65 Å². The Bertz CT molecular complexity index is 842. The molecule has 130 valence electrons. The van der Waals surface area contributed by atoms with Gasteiger partial charge in [-0.3, -0.25) is 0 Å². The van der Waals surface area contributed by atoms with Crippen molar-refractivity contribution in [1.82, 2.24) is 19.7 Å². The lowest BCUT2D eigenvalue weighted by Crippen LogP contribution is -3.13. The van der Waals surface area contributed by atoms with Gasteiger partial charge in [-0.2, -0.15) is 5.10 Å². The Hall–Kier alpha value is -1.99. The van der Waals surface area contributed by atoms with Gasteiger partial charge < -0.3 is 4.90 Å². The van der Waals surface area contributed by atoms with Crippen LogP contribution in [0.2, 0.25) is 0 Å². The smallest absolute Gasteiger partial charge is 0.167 e. The third kappa shape index (κ3) is 3.67. The molecule has 4 rings (SSSR count). The molecule has 1 saturated heterocycles. The van der Waals surface area contributed by atoms with Crippen LogP contribution in [-0.4, -0.2) is 45.1 Å². The van der Waals surface area contributed by atoms with E-state index in [2.05, 4.69) is 15.1 Å². The highest BCUT2D eigenvalue weighted by Crippen LogP contribution is 2.25. The first kappa shape index (κ1) is 16.5. The minimum Gasteiger partial charge on any atom is -0.334 e. The van der Waals surface area contributed by atoms with Crippen LogP contribution in [0.5, 0.6) is 0 Å². The van der Waals surface area contributed by atoms with E-state index < -0.39 is 0 Å². The monoisotopic (exact) mass is 358 g/mol. The SMILES string of the molecule is Fc1ccc(-n2ncc3c(SCC[NH+]4CCCCC4)ncnc32)cc1. The molecule has 1 fully saturated rings. The lowest BCUT2D eigenvalue weighted by molar-refractivity contribution is -0.902. The average molecular weight is 358 g/mol. The zero-order valence-electron chi connectivity index (χ0n) is 14.0. The molecule has 0 aliphatic carbocycles. The summed E-state index contributed by atoms with van der Waals surface area (Å²) in [6.45, 7) is 3.76. The number of likely N-dealkylation sites (tertiary alicyclic amines) is 1. The van der Waals surface area contributed by atoms with Gasteiger partial charge in [0.25, 0.3) is 0 Å². The molecule has 0 atom stereocenters. The maximum Gasteiger partial charge on any atom is 0.167 e. The van der Waals surface area contributed by atoms with E-state index in [0.717, 1.165) is 27.5 Å². The quantitative estimate of drug-likeness (QED) is 0.561. The van der Waals surface area contributed by atoms with Crippen molar-refractivity contribution in [1.29, 1.82) is 0 Å². The summed E-state index contributed by atoms with van der Waals surface area (Å²) >= 11 is 1.77. The highest BCUT2D eigenvalue weighted by molar-refractivity contribution is 7.99. The van der Waals surface area contributed by atoms with Crippen LogP contribution in [0.3, 0.4) is 0 Å². The fourth-order valence-electron chi connectivity index (χ4n) is 3.30. The van der Waals surface area contributed by atoms with E-state index in [4.69, 9.17) is 0 Å². The van der Waals surface area contributed by atoms with Crippen LogP contribution in [0.25, 0.3) is 16.7 Å². The summed E-state index contributed by atoms with van der Waals surface area (Å²) in [5.74, 6) is 0.787. The summed E-state index contributed by atoms with van der Waals surface area (Å²) in [6, 6.07) is 6.27. The summed E-state index contributed by atoms with van der Waals surface area (Å²) in [6.07, 6.45) is 7.46. The van der Waals surface area contributed by atoms with Crippen molar-refractivity contribution in [2.24, 2.45) is 0 Å². The molecule has 1 N–H and O–H groups in total. The number of hydrogen-bond donors (Lipinski definition) is 1. The zero-order valence-corrected chi connectivity index (χ0v) is 14.8. The number of nitrogens with zero attached hydrogens (tertiary/aromatic N) is 4. The van der Waals surface area contributed by atoms with Crippen LogP contribution < -0.4 is 4.90 Å². The minimum atomic E-state index is -0.258. The number of aromatic nitrogens is 4. The van der Waals surface area contributed by atoms with E-state index >= 15 is 0 Å². The van der Waals surface area contributed by atoms with E-state index in [0.29, 0.717) is 0 Å². The molecule has 1 aromatic carbocycles. The number of nitrogens with one attached hydrogen (secondary N) is 1. The summed E-state index contributed by atoms with van der Waals surface area (Å²) in [5, 5.41) is 6.34. The highest BCUT2D eigenvalue weighted by atomic mass is 32.2. The summed E-state index contributed by atoms with van der Waals surface area (Å²) < 4.78 is 14.9. The molecule has 3 heterocycles. The number of benzene rings is 1. The molecule has 25 heavy (non-hydrogen) atoms. The van der Waals surface area contributed by atoms with E-state index in [9.17, 15) is 4.39 Å². The molecule has 0 saturated carbocycles. The normalized spacial score (nSPS) is 15.7. The van der Waals surface area contributed by atoms with Crippen molar-refractivity contribution in [2.45, 2.75) is 24.3 Å². The molecule has 1 aliphatic rings. The molecule has 3 aromatic rings. The second-order valence-electron chi connectivity index (χ2n) is 6.36. The number of piperidine rings is 1. The van der Waals surface area contributed by atoms with Crippen molar-refractivity contribution in [3.8, 4) is 5.69 Å². The van der Waals surface area contributed by atoms with Gasteiger partial charge in [0, 0.05) is 5.75 Å². The highest BCUT2D eigenvalue weighted by Gasteiger charge is 2.15. The van der Waals surface area contributed by atoms with Gasteiger partial charge in [0.1, 0.15) is 17.2 Å². The van der Waals surface area contributed by atoms with Crippen LogP contribution in [0.15, 0.2) is 41.8 Å². The molecule has 7 heteroatoms. The first-order valence-corrected chi connectivity index (χ1v) is 9.71. The third-order valence-corrected chi connectivity index (χ3v) is 5.66. The van der Waals surface area contributed by atoms with Gasteiger partial charge in [0.2, 0.25) is 0 Å². The summed E-state index contributed by atoms with van der Waals surface area (Å²) in [5.41, 5.74) is 1.55. The number of hydrogen-bond acceptors (Lipinski definition) is 4. The predicted octanol–water partition coefficient (Wildman–Crippen LogP) is 2.12. The number of thioether (sulfide) groups is 1. The molecule has 2 aromatic heterocycles. The molecule has 0 amide bonds. The van der Waals surface area contributed by atoms with Crippen LogP contribution in [-0.2, 0) is 0 Å². The topological polar surface area (TPSA) is 48.0 Å². The largest absolute Gasteiger partial charge is 0.334 e. The first-order chi connectivity index (χ1) is 12.3. The van der Waals surface area contributed by atoms with Crippen LogP contribution in [0, 0.1) is 5.82 Å². The number of halogens is 1. The fourth-order valence-corrected chi connectivity index (χ4v) is 4.31. The van der Waals surface area contributed by atoms with Crippen molar-refractivity contribution >= 4 is 22.8 Å². The molecule has 0 radical (unpaired) electrons. The van der Waals surface area contributed by atoms with E-state index in [1.54, 1.807) is 46.0 Å². The average Bonchev–Trinajstić information content (AvgIpc) is 3.08. The summed E-state index contributed by atoms with van der Waals surface area (Å²) in [4.78, 5) is 10.5. The zero-order chi connectivity index (χ0) is 17.1. The van der Waals surface area contributed by atoms with E-state index in [1.165, 1.54) is 51.0 Å². The van der Waals surface area contributed by atoms with Crippen LogP contribution in [0.4, 0.5) is 4.39 Å². The second-order valence-corrected chi connectivity index (χ2v) is 7.44. The lowest BCUT2D eigenvalue weighted by atomic mass is 10.1. The Balaban J connectivity index is 1.51. The third-order valence-electron chi connectivity index (χ3n) is 4.66. The predicted molar refractivity (Wildman–Crippen MR) is 96.8 cm³/mol. The molecular weight excluding hydrogens is 337 g/mol.